The lowest BCUT2D eigenvalue weighted by molar-refractivity contribution is -0.111. The molecule has 6 nitrogen and oxygen atoms in total. The molecule has 6 heteroatoms. The Morgan fingerprint density at radius 2 is 1.76 bits per heavy atom. The Labute approximate surface area is 218 Å². The van der Waals surface area contributed by atoms with Crippen LogP contribution in [0.4, 0.5) is 5.69 Å². The Morgan fingerprint density at radius 1 is 0.973 bits per heavy atom. The third kappa shape index (κ3) is 6.67. The molecule has 0 aliphatic carbocycles. The Morgan fingerprint density at radius 3 is 2.49 bits per heavy atom. The number of benzene rings is 3. The number of anilines is 1. The van der Waals surface area contributed by atoms with Crippen molar-refractivity contribution < 1.29 is 14.3 Å². The van der Waals surface area contributed by atoms with Gasteiger partial charge in [0, 0.05) is 11.6 Å². The number of nitrogens with one attached hydrogen (secondary N) is 1. The number of rotatable bonds is 9. The maximum Gasteiger partial charge on any atom is 0.248 e. The summed E-state index contributed by atoms with van der Waals surface area (Å²) >= 11 is 0. The largest absolute Gasteiger partial charge is 0.496 e. The summed E-state index contributed by atoms with van der Waals surface area (Å²) in [6.45, 7) is 8.98. The maximum atomic E-state index is 12.8. The van der Waals surface area contributed by atoms with Gasteiger partial charge in [0.15, 0.2) is 0 Å². The number of hydrogen-bond acceptors (Lipinski definition) is 4. The second kappa shape index (κ2) is 11.6. The summed E-state index contributed by atoms with van der Waals surface area (Å²) in [6.07, 6.45) is 3.32. The van der Waals surface area contributed by atoms with Crippen molar-refractivity contribution in [3.63, 3.8) is 0 Å². The molecule has 0 aliphatic heterocycles. The molecule has 1 amide bonds. The smallest absolute Gasteiger partial charge is 0.248 e. The van der Waals surface area contributed by atoms with Gasteiger partial charge in [0.2, 0.25) is 5.91 Å². The predicted octanol–water partition coefficient (Wildman–Crippen LogP) is 6.40. The fourth-order valence-corrected chi connectivity index (χ4v) is 4.12. The van der Waals surface area contributed by atoms with Gasteiger partial charge >= 0.3 is 0 Å². The van der Waals surface area contributed by atoms with Crippen molar-refractivity contribution in [2.75, 3.05) is 12.4 Å². The third-order valence-corrected chi connectivity index (χ3v) is 6.20. The summed E-state index contributed by atoms with van der Waals surface area (Å²) in [5, 5.41) is 7.63. The summed E-state index contributed by atoms with van der Waals surface area (Å²) in [5.74, 6) is 1.33. The van der Waals surface area contributed by atoms with E-state index >= 15 is 0 Å². The van der Waals surface area contributed by atoms with Crippen molar-refractivity contribution in [2.45, 2.75) is 40.8 Å². The normalized spacial score (nSPS) is 11.1. The molecule has 0 saturated carbocycles. The van der Waals surface area contributed by atoms with Crippen LogP contribution in [-0.2, 0) is 17.9 Å². The van der Waals surface area contributed by atoms with E-state index in [-0.39, 0.29) is 5.91 Å². The molecule has 3 aromatic carbocycles. The summed E-state index contributed by atoms with van der Waals surface area (Å²) in [5.41, 5.74) is 7.74. The SMILES string of the molecule is COc1ccc(/C=C/C(=O)Nc2c(C)nn(Cc3ccc(C)cc3)c2C)cc1COc1cccc(C)c1. The van der Waals surface area contributed by atoms with Gasteiger partial charge in [0.05, 0.1) is 30.7 Å². The van der Waals surface area contributed by atoms with Crippen LogP contribution in [-0.4, -0.2) is 22.8 Å². The van der Waals surface area contributed by atoms with Gasteiger partial charge in [-0.1, -0.05) is 48.0 Å². The molecule has 0 unspecified atom stereocenters. The first-order chi connectivity index (χ1) is 17.8. The number of carbonyl (C=O) groups is 1. The molecular weight excluding hydrogens is 462 g/mol. The molecule has 1 N–H and O–H groups in total. The van der Waals surface area contributed by atoms with Crippen molar-refractivity contribution >= 4 is 17.7 Å². The number of hydrogen-bond donors (Lipinski definition) is 1. The molecule has 37 heavy (non-hydrogen) atoms. The number of amides is 1. The lowest BCUT2D eigenvalue weighted by Crippen LogP contribution is -2.10. The molecule has 0 radical (unpaired) electrons. The van der Waals surface area contributed by atoms with Crippen molar-refractivity contribution in [2.24, 2.45) is 0 Å². The molecule has 0 spiro atoms. The number of aryl methyl sites for hydroxylation is 3. The standard InChI is InChI=1S/C31H33N3O3/c1-21-9-11-26(12-10-21)19-34-24(4)31(23(3)33-34)32-30(35)16-14-25-13-15-29(36-5)27(18-25)20-37-28-8-6-7-22(2)17-28/h6-18H,19-20H2,1-5H3,(H,32,35)/b16-14+. The second-order valence-corrected chi connectivity index (χ2v) is 9.19. The van der Waals surface area contributed by atoms with Crippen LogP contribution >= 0.6 is 0 Å². The molecule has 0 aliphatic rings. The van der Waals surface area contributed by atoms with E-state index in [9.17, 15) is 4.79 Å². The van der Waals surface area contributed by atoms with Crippen LogP contribution in [0.1, 0.15) is 39.2 Å². The van der Waals surface area contributed by atoms with Crippen LogP contribution in [0.5, 0.6) is 11.5 Å². The molecule has 4 aromatic rings. The first kappa shape index (κ1) is 25.8. The minimum absolute atomic E-state index is 0.213. The van der Waals surface area contributed by atoms with E-state index in [1.807, 2.05) is 67.9 Å². The van der Waals surface area contributed by atoms with Gasteiger partial charge in [0.25, 0.3) is 0 Å². The molecule has 0 atom stereocenters. The van der Waals surface area contributed by atoms with Gasteiger partial charge < -0.3 is 14.8 Å². The molecule has 4 rings (SSSR count). The van der Waals surface area contributed by atoms with E-state index in [2.05, 4.69) is 41.6 Å². The van der Waals surface area contributed by atoms with Crippen LogP contribution < -0.4 is 14.8 Å². The van der Waals surface area contributed by atoms with Gasteiger partial charge in [-0.3, -0.25) is 9.48 Å². The lowest BCUT2D eigenvalue weighted by atomic mass is 10.1. The van der Waals surface area contributed by atoms with Gasteiger partial charge in [-0.2, -0.15) is 5.10 Å². The van der Waals surface area contributed by atoms with Crippen molar-refractivity contribution in [3.05, 3.63) is 112 Å². The average Bonchev–Trinajstić information content (AvgIpc) is 3.14. The van der Waals surface area contributed by atoms with E-state index in [0.717, 1.165) is 50.8 Å². The zero-order valence-electron chi connectivity index (χ0n) is 22.0. The van der Waals surface area contributed by atoms with E-state index in [1.165, 1.54) is 11.6 Å². The van der Waals surface area contributed by atoms with Crippen molar-refractivity contribution in [3.8, 4) is 11.5 Å². The molecule has 0 fully saturated rings. The highest BCUT2D eigenvalue weighted by Crippen LogP contribution is 2.24. The second-order valence-electron chi connectivity index (χ2n) is 9.19. The Kier molecular flexibility index (Phi) is 8.08. The predicted molar refractivity (Wildman–Crippen MR) is 148 cm³/mol. The summed E-state index contributed by atoms with van der Waals surface area (Å²) < 4.78 is 13.4. The number of nitrogens with zero attached hydrogens (tertiary/aromatic N) is 2. The summed E-state index contributed by atoms with van der Waals surface area (Å²) in [6, 6.07) is 22.1. The maximum absolute atomic E-state index is 12.8. The number of carbonyl (C=O) groups excluding carboxylic acids is 1. The monoisotopic (exact) mass is 495 g/mol. The quantitative estimate of drug-likeness (QED) is 0.273. The number of ether oxygens (including phenoxy) is 2. The highest BCUT2D eigenvalue weighted by molar-refractivity contribution is 6.02. The average molecular weight is 496 g/mol. The lowest BCUT2D eigenvalue weighted by Gasteiger charge is -2.11. The minimum atomic E-state index is -0.213. The van der Waals surface area contributed by atoms with E-state index < -0.39 is 0 Å². The van der Waals surface area contributed by atoms with Crippen LogP contribution in [0.25, 0.3) is 6.08 Å². The van der Waals surface area contributed by atoms with Crippen LogP contribution in [0.2, 0.25) is 0 Å². The molecule has 1 heterocycles. The number of aromatic nitrogens is 2. The molecule has 0 bridgehead atoms. The van der Waals surface area contributed by atoms with E-state index in [0.29, 0.717) is 13.2 Å². The fraction of sp³-hybridized carbons (Fsp3) is 0.226. The summed E-state index contributed by atoms with van der Waals surface area (Å²) in [4.78, 5) is 12.8. The van der Waals surface area contributed by atoms with Gasteiger partial charge in [-0.05, 0) is 74.7 Å². The topological polar surface area (TPSA) is 65.4 Å². The van der Waals surface area contributed by atoms with Crippen molar-refractivity contribution in [1.82, 2.24) is 9.78 Å². The molecule has 190 valence electrons. The fourth-order valence-electron chi connectivity index (χ4n) is 4.12. The number of methoxy groups -OCH3 is 1. The van der Waals surface area contributed by atoms with Gasteiger partial charge in [-0.25, -0.2) is 0 Å². The van der Waals surface area contributed by atoms with Crippen LogP contribution in [0, 0.1) is 27.7 Å². The Balaban J connectivity index is 1.43. The summed E-state index contributed by atoms with van der Waals surface area (Å²) in [7, 11) is 1.64. The van der Waals surface area contributed by atoms with Crippen LogP contribution in [0.15, 0.2) is 72.8 Å². The Bertz CT molecular complexity index is 1420. The molecule has 1 aromatic heterocycles. The van der Waals surface area contributed by atoms with Crippen LogP contribution in [0.3, 0.4) is 0 Å². The third-order valence-electron chi connectivity index (χ3n) is 6.20. The molecular formula is C31H33N3O3. The van der Waals surface area contributed by atoms with E-state index in [1.54, 1.807) is 13.2 Å². The van der Waals surface area contributed by atoms with Gasteiger partial charge in [0.1, 0.15) is 18.1 Å². The van der Waals surface area contributed by atoms with Crippen molar-refractivity contribution in [1.29, 1.82) is 0 Å². The Hall–Kier alpha value is -4.32. The zero-order chi connectivity index (χ0) is 26.4. The molecule has 0 saturated heterocycles. The minimum Gasteiger partial charge on any atom is -0.496 e. The highest BCUT2D eigenvalue weighted by atomic mass is 16.5. The van der Waals surface area contributed by atoms with Gasteiger partial charge in [-0.15, -0.1) is 0 Å². The van der Waals surface area contributed by atoms with E-state index in [4.69, 9.17) is 9.47 Å². The highest BCUT2D eigenvalue weighted by Gasteiger charge is 2.13. The first-order valence-corrected chi connectivity index (χ1v) is 12.3. The first-order valence-electron chi connectivity index (χ1n) is 12.3. The zero-order valence-corrected chi connectivity index (χ0v) is 22.0.